The quantitative estimate of drug-likeness (QED) is 0.461. The lowest BCUT2D eigenvalue weighted by Gasteiger charge is -2.12. The number of rotatable bonds is 3. The predicted octanol–water partition coefficient (Wildman–Crippen LogP) is 2.97. The number of anilines is 3. The number of nitrogens with one attached hydrogen (secondary N) is 2. The van der Waals surface area contributed by atoms with Gasteiger partial charge in [0.2, 0.25) is 5.95 Å². The molecular weight excluding hydrogens is 290 g/mol. The molecule has 0 aliphatic rings. The number of nitrogens with zero attached hydrogens (tertiary/aromatic N) is 2. The molecule has 5 nitrogen and oxygen atoms in total. The maximum absolute atomic E-state index is 13.2. The van der Waals surface area contributed by atoms with E-state index in [9.17, 15) is 17.6 Å². The Morgan fingerprint density at radius 2 is 1.86 bits per heavy atom. The van der Waals surface area contributed by atoms with Crippen molar-refractivity contribution in [2.24, 2.45) is 5.84 Å². The molecule has 2 rings (SSSR count). The lowest BCUT2D eigenvalue weighted by molar-refractivity contribution is -0.139. The molecule has 0 bridgehead atoms. The van der Waals surface area contributed by atoms with Gasteiger partial charge < -0.3 is 5.32 Å². The molecule has 112 valence electrons. The number of aromatic nitrogens is 2. The molecule has 4 N–H and O–H groups in total. The summed E-state index contributed by atoms with van der Waals surface area (Å²) in [5.74, 6) is 4.18. The molecule has 1 aromatic carbocycles. The summed E-state index contributed by atoms with van der Waals surface area (Å²) < 4.78 is 51.1. The molecule has 0 fully saturated rings. The average molecular weight is 301 g/mol. The SMILES string of the molecule is Cc1cc(Nc2ccc(F)c(C(F)(F)F)c2)nc(NN)n1. The Hall–Kier alpha value is -2.42. The van der Waals surface area contributed by atoms with Crippen LogP contribution >= 0.6 is 0 Å². The molecule has 0 amide bonds. The van der Waals surface area contributed by atoms with Crippen LogP contribution in [0.15, 0.2) is 24.3 Å². The summed E-state index contributed by atoms with van der Waals surface area (Å²) in [7, 11) is 0. The van der Waals surface area contributed by atoms with Crippen molar-refractivity contribution in [2.45, 2.75) is 13.1 Å². The summed E-state index contributed by atoms with van der Waals surface area (Å²) >= 11 is 0. The molecule has 2 aromatic rings. The third-order valence-corrected chi connectivity index (χ3v) is 2.53. The second kappa shape index (κ2) is 5.52. The van der Waals surface area contributed by atoms with Gasteiger partial charge in [0.05, 0.1) is 5.56 Å². The van der Waals surface area contributed by atoms with Gasteiger partial charge in [-0.3, -0.25) is 5.43 Å². The lowest BCUT2D eigenvalue weighted by atomic mass is 10.2. The van der Waals surface area contributed by atoms with Crippen molar-refractivity contribution >= 4 is 17.5 Å². The highest BCUT2D eigenvalue weighted by Gasteiger charge is 2.34. The first-order valence-electron chi connectivity index (χ1n) is 5.75. The molecule has 0 aliphatic heterocycles. The largest absolute Gasteiger partial charge is 0.419 e. The van der Waals surface area contributed by atoms with Gasteiger partial charge in [-0.1, -0.05) is 0 Å². The van der Waals surface area contributed by atoms with Crippen molar-refractivity contribution < 1.29 is 17.6 Å². The van der Waals surface area contributed by atoms with Crippen molar-refractivity contribution in [1.82, 2.24) is 9.97 Å². The fraction of sp³-hybridized carbons (Fsp3) is 0.167. The zero-order chi connectivity index (χ0) is 15.6. The van der Waals surface area contributed by atoms with Gasteiger partial charge in [-0.15, -0.1) is 0 Å². The Kier molecular flexibility index (Phi) is 3.94. The monoisotopic (exact) mass is 301 g/mol. The standard InChI is InChI=1S/C12H11F4N5/c1-6-4-10(20-11(18-6)21-17)19-7-2-3-9(13)8(5-7)12(14,15)16/h2-5H,17H2,1H3,(H2,18,19,20,21). The number of nitrogens with two attached hydrogens (primary N) is 1. The van der Waals surface area contributed by atoms with Crippen molar-refractivity contribution in [3.05, 3.63) is 41.3 Å². The van der Waals surface area contributed by atoms with E-state index in [-0.39, 0.29) is 17.5 Å². The highest BCUT2D eigenvalue weighted by atomic mass is 19.4. The molecule has 0 aliphatic carbocycles. The predicted molar refractivity (Wildman–Crippen MR) is 69.3 cm³/mol. The second-order valence-corrected chi connectivity index (χ2v) is 4.18. The number of hydrogen-bond acceptors (Lipinski definition) is 5. The summed E-state index contributed by atoms with van der Waals surface area (Å²) in [5, 5.41) is 2.65. The van der Waals surface area contributed by atoms with E-state index in [1.807, 2.05) is 0 Å². The Bertz CT molecular complexity index is 657. The van der Waals surface area contributed by atoms with Crippen LogP contribution in [-0.2, 0) is 6.18 Å². The highest BCUT2D eigenvalue weighted by molar-refractivity contribution is 5.58. The van der Waals surface area contributed by atoms with Gasteiger partial charge in [0.15, 0.2) is 0 Å². The minimum absolute atomic E-state index is 0.0461. The maximum Gasteiger partial charge on any atom is 0.419 e. The molecule has 0 atom stereocenters. The second-order valence-electron chi connectivity index (χ2n) is 4.18. The van der Waals surface area contributed by atoms with Gasteiger partial charge in [-0.2, -0.15) is 18.2 Å². The number of aryl methyl sites for hydroxylation is 1. The third-order valence-electron chi connectivity index (χ3n) is 2.53. The van der Waals surface area contributed by atoms with Gasteiger partial charge in [0, 0.05) is 17.4 Å². The first kappa shape index (κ1) is 15.0. The minimum Gasteiger partial charge on any atom is -0.340 e. The van der Waals surface area contributed by atoms with Gasteiger partial charge in [0.25, 0.3) is 0 Å². The Morgan fingerprint density at radius 3 is 2.48 bits per heavy atom. The Balaban J connectivity index is 2.34. The van der Waals surface area contributed by atoms with Crippen LogP contribution in [0.2, 0.25) is 0 Å². The topological polar surface area (TPSA) is 75.9 Å². The van der Waals surface area contributed by atoms with Crippen LogP contribution in [0.25, 0.3) is 0 Å². The van der Waals surface area contributed by atoms with Gasteiger partial charge >= 0.3 is 6.18 Å². The Morgan fingerprint density at radius 1 is 1.14 bits per heavy atom. The van der Waals surface area contributed by atoms with E-state index in [0.29, 0.717) is 11.8 Å². The zero-order valence-electron chi connectivity index (χ0n) is 10.8. The maximum atomic E-state index is 13.2. The van der Waals surface area contributed by atoms with Crippen molar-refractivity contribution in [3.8, 4) is 0 Å². The summed E-state index contributed by atoms with van der Waals surface area (Å²) in [4.78, 5) is 7.87. The number of benzene rings is 1. The fourth-order valence-corrected chi connectivity index (χ4v) is 1.67. The molecule has 9 heteroatoms. The van der Waals surface area contributed by atoms with E-state index in [2.05, 4.69) is 20.7 Å². The first-order chi connectivity index (χ1) is 9.79. The zero-order valence-corrected chi connectivity index (χ0v) is 10.8. The molecular formula is C12H11F4N5. The fourth-order valence-electron chi connectivity index (χ4n) is 1.67. The number of halogens is 4. The van der Waals surface area contributed by atoms with E-state index >= 15 is 0 Å². The smallest absolute Gasteiger partial charge is 0.340 e. The Labute approximate surface area is 117 Å². The number of nitrogen functional groups attached to an aromatic ring is 1. The summed E-state index contributed by atoms with van der Waals surface area (Å²) in [5.41, 5.74) is 1.49. The van der Waals surface area contributed by atoms with E-state index in [0.717, 1.165) is 6.07 Å². The minimum atomic E-state index is -4.77. The number of hydrazine groups is 1. The molecule has 0 radical (unpaired) electrons. The van der Waals surface area contributed by atoms with Crippen LogP contribution in [-0.4, -0.2) is 9.97 Å². The van der Waals surface area contributed by atoms with Gasteiger partial charge in [-0.25, -0.2) is 15.2 Å². The van der Waals surface area contributed by atoms with Crippen LogP contribution in [0, 0.1) is 12.7 Å². The van der Waals surface area contributed by atoms with Gasteiger partial charge in [-0.05, 0) is 25.1 Å². The van der Waals surface area contributed by atoms with Crippen LogP contribution < -0.4 is 16.6 Å². The summed E-state index contributed by atoms with van der Waals surface area (Å²) in [6.45, 7) is 1.67. The van der Waals surface area contributed by atoms with Crippen LogP contribution in [0.5, 0.6) is 0 Å². The molecule has 0 spiro atoms. The molecule has 1 heterocycles. The van der Waals surface area contributed by atoms with Crippen molar-refractivity contribution in [2.75, 3.05) is 10.7 Å². The van der Waals surface area contributed by atoms with Crippen LogP contribution in [0.3, 0.4) is 0 Å². The summed E-state index contributed by atoms with van der Waals surface area (Å²) in [6.07, 6.45) is -4.77. The van der Waals surface area contributed by atoms with Gasteiger partial charge in [0.1, 0.15) is 11.6 Å². The third kappa shape index (κ3) is 3.57. The first-order valence-corrected chi connectivity index (χ1v) is 5.75. The molecule has 1 aromatic heterocycles. The normalized spacial score (nSPS) is 11.3. The average Bonchev–Trinajstić information content (AvgIpc) is 2.39. The molecule has 0 saturated carbocycles. The molecule has 21 heavy (non-hydrogen) atoms. The van der Waals surface area contributed by atoms with Crippen molar-refractivity contribution in [3.63, 3.8) is 0 Å². The van der Waals surface area contributed by atoms with E-state index in [1.165, 1.54) is 12.1 Å². The number of alkyl halides is 3. The highest BCUT2D eigenvalue weighted by Crippen LogP contribution is 2.33. The van der Waals surface area contributed by atoms with E-state index in [4.69, 9.17) is 5.84 Å². The van der Waals surface area contributed by atoms with Crippen LogP contribution in [0.1, 0.15) is 11.3 Å². The summed E-state index contributed by atoms with van der Waals surface area (Å²) in [6, 6.07) is 4.10. The molecule has 0 saturated heterocycles. The lowest BCUT2D eigenvalue weighted by Crippen LogP contribution is -2.12. The van der Waals surface area contributed by atoms with Crippen molar-refractivity contribution in [1.29, 1.82) is 0 Å². The van der Waals surface area contributed by atoms with E-state index in [1.54, 1.807) is 6.92 Å². The molecule has 0 unspecified atom stereocenters. The number of hydrogen-bond donors (Lipinski definition) is 3. The van der Waals surface area contributed by atoms with Crippen LogP contribution in [0.4, 0.5) is 35.0 Å². The van der Waals surface area contributed by atoms with E-state index < -0.39 is 17.6 Å².